The minimum Gasteiger partial charge on any atom is -0.337 e. The number of hydrogen-bond donors (Lipinski definition) is 1. The molecule has 1 amide bonds. The van der Waals surface area contributed by atoms with E-state index in [1.165, 1.54) is 6.92 Å². The highest BCUT2D eigenvalue weighted by molar-refractivity contribution is 7.89. The van der Waals surface area contributed by atoms with Crippen LogP contribution in [0.15, 0.2) is 53.4 Å². The van der Waals surface area contributed by atoms with Crippen molar-refractivity contribution in [1.82, 2.24) is 9.62 Å². The summed E-state index contributed by atoms with van der Waals surface area (Å²) in [7, 11) is -3.61. The van der Waals surface area contributed by atoms with Crippen LogP contribution in [-0.2, 0) is 21.4 Å². The Morgan fingerprint density at radius 3 is 2.40 bits per heavy atom. The lowest BCUT2D eigenvalue weighted by molar-refractivity contribution is -0.129. The molecule has 0 radical (unpaired) electrons. The molecule has 0 bridgehead atoms. The average molecular weight is 381 g/mol. The maximum absolute atomic E-state index is 12.4. The molecule has 7 heteroatoms. The molecule has 0 unspecified atom stereocenters. The van der Waals surface area contributed by atoms with Crippen molar-refractivity contribution in [3.63, 3.8) is 0 Å². The summed E-state index contributed by atoms with van der Waals surface area (Å²) < 4.78 is 27.3. The first-order chi connectivity index (χ1) is 11.8. The highest BCUT2D eigenvalue weighted by atomic mass is 35.5. The van der Waals surface area contributed by atoms with Gasteiger partial charge in [-0.3, -0.25) is 4.79 Å². The molecule has 25 heavy (non-hydrogen) atoms. The van der Waals surface area contributed by atoms with Crippen molar-refractivity contribution >= 4 is 27.5 Å². The maximum atomic E-state index is 12.4. The fraction of sp³-hybridized carbons (Fsp3) is 0.278. The van der Waals surface area contributed by atoms with Crippen molar-refractivity contribution in [3.8, 4) is 0 Å². The molecule has 0 aliphatic carbocycles. The Labute approximate surface area is 153 Å². The molecule has 0 fully saturated rings. The summed E-state index contributed by atoms with van der Waals surface area (Å²) in [6, 6.07) is 14.0. The number of rotatable bonds is 7. The first kappa shape index (κ1) is 19.4. The maximum Gasteiger partial charge on any atom is 0.240 e. The number of carbonyl (C=O) groups excluding carboxylic acids is 1. The Hall–Kier alpha value is -1.89. The quantitative estimate of drug-likeness (QED) is 0.803. The first-order valence-electron chi connectivity index (χ1n) is 7.85. The van der Waals surface area contributed by atoms with E-state index in [2.05, 4.69) is 4.72 Å². The van der Waals surface area contributed by atoms with Gasteiger partial charge in [-0.15, -0.1) is 0 Å². The largest absolute Gasteiger partial charge is 0.337 e. The van der Waals surface area contributed by atoms with Crippen molar-refractivity contribution in [3.05, 3.63) is 64.7 Å². The predicted molar refractivity (Wildman–Crippen MR) is 98.9 cm³/mol. The molecule has 0 heterocycles. The van der Waals surface area contributed by atoms with Gasteiger partial charge in [-0.25, -0.2) is 13.1 Å². The highest BCUT2D eigenvalue weighted by Crippen LogP contribution is 2.17. The summed E-state index contributed by atoms with van der Waals surface area (Å²) in [6.45, 7) is 3.91. The van der Waals surface area contributed by atoms with Crippen molar-refractivity contribution in [2.45, 2.75) is 25.3 Å². The summed E-state index contributed by atoms with van der Waals surface area (Å²) >= 11 is 6.13. The number of nitrogens with zero attached hydrogens (tertiary/aromatic N) is 1. The molecular formula is C18H21ClN2O3S. The molecule has 0 aromatic heterocycles. The van der Waals surface area contributed by atoms with Gasteiger partial charge in [0.15, 0.2) is 0 Å². The van der Waals surface area contributed by atoms with E-state index in [0.29, 0.717) is 17.1 Å². The second-order valence-electron chi connectivity index (χ2n) is 5.70. The van der Waals surface area contributed by atoms with Crippen molar-refractivity contribution in [1.29, 1.82) is 0 Å². The van der Waals surface area contributed by atoms with E-state index in [1.807, 2.05) is 18.2 Å². The number of hydrogen-bond acceptors (Lipinski definition) is 3. The van der Waals surface area contributed by atoms with Crippen LogP contribution in [0.3, 0.4) is 0 Å². The molecule has 0 spiro atoms. The molecule has 5 nitrogen and oxygen atoms in total. The first-order valence-corrected chi connectivity index (χ1v) is 9.71. The summed E-state index contributed by atoms with van der Waals surface area (Å²) in [4.78, 5) is 13.6. The van der Waals surface area contributed by atoms with E-state index in [9.17, 15) is 13.2 Å². The van der Waals surface area contributed by atoms with Crippen LogP contribution >= 0.6 is 11.6 Å². The minimum atomic E-state index is -3.61. The van der Waals surface area contributed by atoms with E-state index < -0.39 is 10.0 Å². The molecule has 0 saturated carbocycles. The molecule has 0 atom stereocenters. The normalized spacial score (nSPS) is 11.3. The van der Waals surface area contributed by atoms with Crippen LogP contribution in [0.2, 0.25) is 5.02 Å². The molecule has 0 aliphatic rings. The number of benzene rings is 2. The van der Waals surface area contributed by atoms with Gasteiger partial charge in [0.25, 0.3) is 0 Å². The van der Waals surface area contributed by atoms with Gasteiger partial charge < -0.3 is 4.90 Å². The average Bonchev–Trinajstić information content (AvgIpc) is 2.55. The fourth-order valence-electron chi connectivity index (χ4n) is 2.43. The van der Waals surface area contributed by atoms with Gasteiger partial charge in [0.05, 0.1) is 4.90 Å². The Morgan fingerprint density at radius 1 is 1.12 bits per heavy atom. The summed E-state index contributed by atoms with van der Waals surface area (Å²) in [6.07, 6.45) is 0. The lowest BCUT2D eigenvalue weighted by atomic mass is 10.2. The number of amides is 1. The number of halogens is 1. The van der Waals surface area contributed by atoms with Gasteiger partial charge >= 0.3 is 0 Å². The summed E-state index contributed by atoms with van der Waals surface area (Å²) in [5, 5.41) is 0.578. The molecule has 0 saturated heterocycles. The van der Waals surface area contributed by atoms with Gasteiger partial charge in [0, 0.05) is 31.6 Å². The third kappa shape index (κ3) is 5.29. The number of carbonyl (C=O) groups is 1. The van der Waals surface area contributed by atoms with Gasteiger partial charge in [-0.05, 0) is 30.2 Å². The monoisotopic (exact) mass is 380 g/mol. The molecule has 2 aromatic carbocycles. The minimum absolute atomic E-state index is 0.126. The molecule has 134 valence electrons. The Balaban J connectivity index is 2.01. The van der Waals surface area contributed by atoms with Crippen molar-refractivity contribution < 1.29 is 13.2 Å². The summed E-state index contributed by atoms with van der Waals surface area (Å²) in [5.41, 5.74) is 1.50. The fourth-order valence-corrected chi connectivity index (χ4v) is 3.89. The van der Waals surface area contributed by atoms with E-state index in [4.69, 9.17) is 11.6 Å². The topological polar surface area (TPSA) is 66.5 Å². The van der Waals surface area contributed by atoms with Crippen LogP contribution in [-0.4, -0.2) is 32.3 Å². The standard InChI is InChI=1S/C18H21ClN2O3S/c1-14-7-3-6-10-18(14)25(23,24)20-11-12-21(15(2)22)13-16-8-4-5-9-17(16)19/h3-10,20H,11-13H2,1-2H3. The molecule has 0 aliphatic heterocycles. The van der Waals surface area contributed by atoms with E-state index >= 15 is 0 Å². The van der Waals surface area contributed by atoms with E-state index in [1.54, 1.807) is 42.2 Å². The molecule has 2 rings (SSSR count). The van der Waals surface area contributed by atoms with Crippen molar-refractivity contribution in [2.24, 2.45) is 0 Å². The highest BCUT2D eigenvalue weighted by Gasteiger charge is 2.17. The lowest BCUT2D eigenvalue weighted by Gasteiger charge is -2.22. The Bertz CT molecular complexity index is 853. The van der Waals surface area contributed by atoms with Crippen LogP contribution < -0.4 is 4.72 Å². The van der Waals surface area contributed by atoms with Crippen LogP contribution in [0.4, 0.5) is 0 Å². The van der Waals surface area contributed by atoms with Gasteiger partial charge in [0.1, 0.15) is 0 Å². The van der Waals surface area contributed by atoms with Gasteiger partial charge in [-0.1, -0.05) is 48.0 Å². The third-order valence-corrected chi connectivity index (χ3v) is 5.81. The van der Waals surface area contributed by atoms with Crippen LogP contribution in [0.25, 0.3) is 0 Å². The van der Waals surface area contributed by atoms with E-state index in [0.717, 1.165) is 5.56 Å². The van der Waals surface area contributed by atoms with Gasteiger partial charge in [0.2, 0.25) is 15.9 Å². The molecule has 1 N–H and O–H groups in total. The van der Waals surface area contributed by atoms with Crippen molar-refractivity contribution in [2.75, 3.05) is 13.1 Å². The number of aryl methyl sites for hydroxylation is 1. The number of sulfonamides is 1. The lowest BCUT2D eigenvalue weighted by Crippen LogP contribution is -2.37. The number of nitrogens with one attached hydrogen (secondary N) is 1. The Kier molecular flexibility index (Phi) is 6.58. The molecular weight excluding hydrogens is 360 g/mol. The van der Waals surface area contributed by atoms with Crippen LogP contribution in [0.5, 0.6) is 0 Å². The zero-order valence-electron chi connectivity index (χ0n) is 14.2. The summed E-state index contributed by atoms with van der Waals surface area (Å²) in [5.74, 6) is -0.144. The second-order valence-corrected chi connectivity index (χ2v) is 7.84. The second kappa shape index (κ2) is 8.47. The van der Waals surface area contributed by atoms with Gasteiger partial charge in [-0.2, -0.15) is 0 Å². The zero-order chi connectivity index (χ0) is 18.4. The predicted octanol–water partition coefficient (Wildman–Crippen LogP) is 2.98. The van der Waals surface area contributed by atoms with E-state index in [-0.39, 0.29) is 23.9 Å². The zero-order valence-corrected chi connectivity index (χ0v) is 15.8. The van der Waals surface area contributed by atoms with Crippen LogP contribution in [0.1, 0.15) is 18.1 Å². The smallest absolute Gasteiger partial charge is 0.240 e. The Morgan fingerprint density at radius 2 is 1.76 bits per heavy atom. The molecule has 2 aromatic rings. The van der Waals surface area contributed by atoms with Crippen LogP contribution in [0, 0.1) is 6.92 Å². The third-order valence-electron chi connectivity index (χ3n) is 3.82. The SMILES string of the molecule is CC(=O)N(CCNS(=O)(=O)c1ccccc1C)Cc1ccccc1Cl.